The summed E-state index contributed by atoms with van der Waals surface area (Å²) in [6.07, 6.45) is 6.55. The molecule has 0 aliphatic rings. The molecule has 0 heterocycles. The summed E-state index contributed by atoms with van der Waals surface area (Å²) in [5.41, 5.74) is 1.30. The molecule has 1 unspecified atom stereocenters. The highest BCUT2D eigenvalue weighted by atomic mass is 32.2. The van der Waals surface area contributed by atoms with E-state index < -0.39 is 0 Å². The number of hydrogen-bond donors (Lipinski definition) is 0. The van der Waals surface area contributed by atoms with Gasteiger partial charge in [0, 0.05) is 0 Å². The van der Waals surface area contributed by atoms with Crippen molar-refractivity contribution in [3.8, 4) is 0 Å². The van der Waals surface area contributed by atoms with Crippen molar-refractivity contribution in [2.45, 2.75) is 30.6 Å². The van der Waals surface area contributed by atoms with Crippen molar-refractivity contribution in [1.82, 2.24) is 0 Å². The van der Waals surface area contributed by atoms with Crippen LogP contribution in [0.4, 0.5) is 0 Å². The Morgan fingerprint density at radius 1 is 0.850 bits per heavy atom. The Bertz CT molecular complexity index is 591. The highest BCUT2D eigenvalue weighted by Crippen LogP contribution is 2.31. The van der Waals surface area contributed by atoms with Gasteiger partial charge in [0.15, 0.2) is 14.7 Å². The van der Waals surface area contributed by atoms with E-state index >= 15 is 0 Å². The molecule has 1 heteroatoms. The summed E-state index contributed by atoms with van der Waals surface area (Å²) in [6.45, 7) is 6.32. The Kier molecular flexibility index (Phi) is 5.25. The molecule has 2 aromatic carbocycles. The second-order valence-corrected chi connectivity index (χ2v) is 6.65. The van der Waals surface area contributed by atoms with Gasteiger partial charge in [0.1, 0.15) is 0 Å². The third-order valence-corrected chi connectivity index (χ3v) is 5.42. The zero-order valence-electron chi connectivity index (χ0n) is 12.3. The van der Waals surface area contributed by atoms with Gasteiger partial charge in [-0.3, -0.25) is 0 Å². The summed E-state index contributed by atoms with van der Waals surface area (Å²) in [6, 6.07) is 19.6. The normalized spacial score (nSPS) is 13.7. The minimum absolute atomic E-state index is 0.0229. The van der Waals surface area contributed by atoms with E-state index in [1.54, 1.807) is 0 Å². The average molecular weight is 281 g/mol. The molecule has 0 amide bonds. The zero-order chi connectivity index (χ0) is 14.4. The molecule has 0 fully saturated rings. The van der Waals surface area contributed by atoms with Crippen LogP contribution in [0.3, 0.4) is 0 Å². The van der Waals surface area contributed by atoms with Gasteiger partial charge in [-0.05, 0) is 57.2 Å². The molecule has 0 aliphatic heterocycles. The van der Waals surface area contributed by atoms with Crippen LogP contribution in [-0.4, -0.2) is 0 Å². The molecule has 0 N–H and O–H groups in total. The molecule has 1 atom stereocenters. The van der Waals surface area contributed by atoms with E-state index in [0.717, 1.165) is 0 Å². The molecular formula is C19H21S+. The number of hydrogen-bond acceptors (Lipinski definition) is 0. The van der Waals surface area contributed by atoms with Gasteiger partial charge in [-0.15, -0.1) is 0 Å². The van der Waals surface area contributed by atoms with Crippen molar-refractivity contribution in [2.75, 3.05) is 0 Å². The van der Waals surface area contributed by atoms with Gasteiger partial charge in [0.25, 0.3) is 0 Å². The minimum Gasteiger partial charge on any atom is -0.0827 e. The maximum atomic E-state index is 2.25. The van der Waals surface area contributed by atoms with Crippen LogP contribution < -0.4 is 0 Å². The lowest BCUT2D eigenvalue weighted by Crippen LogP contribution is -2.05. The number of benzene rings is 2. The van der Waals surface area contributed by atoms with E-state index in [0.29, 0.717) is 0 Å². The van der Waals surface area contributed by atoms with Crippen LogP contribution in [-0.2, 0) is 10.9 Å². The van der Waals surface area contributed by atoms with Gasteiger partial charge in [-0.2, -0.15) is 0 Å². The summed E-state index contributed by atoms with van der Waals surface area (Å²) in [7, 11) is -0.0229. The quantitative estimate of drug-likeness (QED) is 0.512. The van der Waals surface area contributed by atoms with Crippen LogP contribution >= 0.6 is 0 Å². The van der Waals surface area contributed by atoms with Crippen LogP contribution in [0.25, 0.3) is 0 Å². The predicted molar refractivity (Wildman–Crippen MR) is 90.1 cm³/mol. The molecule has 2 rings (SSSR count). The van der Waals surface area contributed by atoms with Crippen LogP contribution in [0.5, 0.6) is 0 Å². The summed E-state index contributed by atoms with van der Waals surface area (Å²) < 4.78 is 0. The number of aryl methyl sites for hydroxylation is 1. The third kappa shape index (κ3) is 3.43. The Morgan fingerprint density at radius 3 is 2.00 bits per heavy atom. The summed E-state index contributed by atoms with van der Waals surface area (Å²) in [5, 5.41) is 0. The number of rotatable bonds is 4. The standard InChI is InChI=1S/C19H21S/c1-4-9-17(5-2)20(18-10-7-6-8-11-18)19-14-12-16(3)13-15-19/h4-15H,1-3H3/q+1/b9-4-,17-5+. The Morgan fingerprint density at radius 2 is 1.45 bits per heavy atom. The molecule has 0 aromatic heterocycles. The lowest BCUT2D eigenvalue weighted by molar-refractivity contribution is 1.34. The van der Waals surface area contributed by atoms with Crippen LogP contribution in [0.1, 0.15) is 19.4 Å². The fourth-order valence-corrected chi connectivity index (χ4v) is 4.25. The molecule has 0 bridgehead atoms. The lowest BCUT2D eigenvalue weighted by atomic mass is 10.2. The summed E-state index contributed by atoms with van der Waals surface area (Å²) in [4.78, 5) is 4.10. The van der Waals surface area contributed by atoms with E-state index in [9.17, 15) is 0 Å². The van der Waals surface area contributed by atoms with E-state index in [2.05, 4.69) is 93.6 Å². The van der Waals surface area contributed by atoms with E-state index in [-0.39, 0.29) is 10.9 Å². The highest BCUT2D eigenvalue weighted by molar-refractivity contribution is 8.00. The van der Waals surface area contributed by atoms with Crippen molar-refractivity contribution in [3.05, 3.63) is 83.3 Å². The van der Waals surface area contributed by atoms with Crippen LogP contribution in [0.2, 0.25) is 0 Å². The van der Waals surface area contributed by atoms with Gasteiger partial charge >= 0.3 is 0 Å². The monoisotopic (exact) mass is 281 g/mol. The molecule has 0 spiro atoms. The Balaban J connectivity index is 2.52. The lowest BCUT2D eigenvalue weighted by Gasteiger charge is -2.08. The Hall–Kier alpha value is -1.73. The van der Waals surface area contributed by atoms with Crippen molar-refractivity contribution >= 4 is 10.9 Å². The molecule has 0 aliphatic carbocycles. The maximum absolute atomic E-state index is 2.25. The smallest absolute Gasteiger partial charge is 0.0827 e. The SMILES string of the molecule is C/C=C\C(=C/C)[S+](c1ccccc1)c1ccc(C)cc1. The first-order valence-corrected chi connectivity index (χ1v) is 8.13. The molecule has 0 saturated carbocycles. The van der Waals surface area contributed by atoms with Gasteiger partial charge < -0.3 is 0 Å². The highest BCUT2D eigenvalue weighted by Gasteiger charge is 2.28. The minimum atomic E-state index is -0.0229. The second-order valence-electron chi connectivity index (χ2n) is 4.62. The van der Waals surface area contributed by atoms with Gasteiger partial charge in [-0.1, -0.05) is 42.0 Å². The topological polar surface area (TPSA) is 0 Å². The van der Waals surface area contributed by atoms with Gasteiger partial charge in [-0.25, -0.2) is 0 Å². The first-order chi connectivity index (χ1) is 9.76. The first kappa shape index (κ1) is 14.7. The molecule has 0 nitrogen and oxygen atoms in total. The van der Waals surface area contributed by atoms with Crippen LogP contribution in [0, 0.1) is 6.92 Å². The molecule has 2 aromatic rings. The summed E-state index contributed by atoms with van der Waals surface area (Å²) in [5.74, 6) is 0. The van der Waals surface area contributed by atoms with Crippen molar-refractivity contribution < 1.29 is 0 Å². The van der Waals surface area contributed by atoms with Crippen molar-refractivity contribution in [1.29, 1.82) is 0 Å². The fraction of sp³-hybridized carbons (Fsp3) is 0.158. The molecule has 0 saturated heterocycles. The molecule has 102 valence electrons. The van der Waals surface area contributed by atoms with E-state index in [1.165, 1.54) is 20.3 Å². The zero-order valence-corrected chi connectivity index (χ0v) is 13.2. The van der Waals surface area contributed by atoms with Gasteiger partial charge in [0.2, 0.25) is 0 Å². The fourth-order valence-electron chi connectivity index (χ4n) is 2.09. The number of allylic oxidation sites excluding steroid dienone is 3. The molecular weight excluding hydrogens is 260 g/mol. The second kappa shape index (κ2) is 7.16. The first-order valence-electron chi connectivity index (χ1n) is 6.91. The van der Waals surface area contributed by atoms with Crippen molar-refractivity contribution in [2.24, 2.45) is 0 Å². The molecule has 0 radical (unpaired) electrons. The Labute approximate surface area is 125 Å². The third-order valence-electron chi connectivity index (χ3n) is 3.09. The summed E-state index contributed by atoms with van der Waals surface area (Å²) >= 11 is 0. The largest absolute Gasteiger partial charge is 0.166 e. The van der Waals surface area contributed by atoms with E-state index in [4.69, 9.17) is 0 Å². The van der Waals surface area contributed by atoms with E-state index in [1.807, 2.05) is 0 Å². The predicted octanol–water partition coefficient (Wildman–Crippen LogP) is 5.51. The maximum Gasteiger partial charge on any atom is 0.166 e. The molecule has 20 heavy (non-hydrogen) atoms. The van der Waals surface area contributed by atoms with Crippen LogP contribution in [0.15, 0.2) is 87.5 Å². The van der Waals surface area contributed by atoms with Crippen molar-refractivity contribution in [3.63, 3.8) is 0 Å². The average Bonchev–Trinajstić information content (AvgIpc) is 2.49. The van der Waals surface area contributed by atoms with Gasteiger partial charge in [0.05, 0.1) is 10.9 Å².